The Morgan fingerprint density at radius 2 is 1.88 bits per heavy atom. The van der Waals surface area contributed by atoms with Crippen molar-refractivity contribution < 1.29 is 27.5 Å². The zero-order valence-electron chi connectivity index (χ0n) is 18.1. The average Bonchev–Trinajstić information content (AvgIpc) is 2.83. The number of carbonyl (C=O) groups excluding carboxylic acids is 2. The summed E-state index contributed by atoms with van der Waals surface area (Å²) in [6.07, 6.45) is 0.405. The summed E-state index contributed by atoms with van der Waals surface area (Å²) >= 11 is 6.17. The number of benzene rings is 2. The molecule has 33 heavy (non-hydrogen) atoms. The van der Waals surface area contributed by atoms with Gasteiger partial charge in [-0.2, -0.15) is 0 Å². The summed E-state index contributed by atoms with van der Waals surface area (Å²) in [6, 6.07) is 12.3. The molecule has 2 aromatic carbocycles. The van der Waals surface area contributed by atoms with E-state index in [0.29, 0.717) is 32.0 Å². The molecule has 1 heterocycles. The van der Waals surface area contributed by atoms with E-state index in [0.717, 1.165) is 6.07 Å². The third-order valence-electron chi connectivity index (χ3n) is 5.04. The third kappa shape index (κ3) is 5.73. The van der Waals surface area contributed by atoms with Crippen molar-refractivity contribution in [2.75, 3.05) is 37.2 Å². The highest BCUT2D eigenvalue weighted by atomic mass is 35.5. The van der Waals surface area contributed by atoms with Crippen LogP contribution in [0.4, 0.5) is 5.69 Å². The zero-order chi connectivity index (χ0) is 24.0. The molecule has 1 atom stereocenters. The monoisotopic (exact) mass is 492 g/mol. The van der Waals surface area contributed by atoms with Crippen molar-refractivity contribution in [3.63, 3.8) is 0 Å². The molecule has 0 radical (unpaired) electrons. The number of hydrogen-bond acceptors (Lipinski definition) is 6. The highest BCUT2D eigenvalue weighted by molar-refractivity contribution is 7.92. The van der Waals surface area contributed by atoms with Gasteiger partial charge in [0, 0.05) is 13.1 Å². The van der Waals surface area contributed by atoms with Crippen LogP contribution in [-0.4, -0.2) is 64.1 Å². The maximum Gasteiger partial charge on any atom is 0.340 e. The molecule has 176 valence electrons. The van der Waals surface area contributed by atoms with Crippen LogP contribution in [0.3, 0.4) is 0 Å². The lowest BCUT2D eigenvalue weighted by Gasteiger charge is -2.29. The number of esters is 1. The number of ether oxygens (including phenoxy) is 2. The van der Waals surface area contributed by atoms with Gasteiger partial charge in [0.25, 0.3) is 15.9 Å². The van der Waals surface area contributed by atoms with Crippen LogP contribution < -0.4 is 4.31 Å². The SMILES string of the molecule is C=CCN(c1ccccc1)S(=O)(=O)c1ccc(Cl)c(C(=O)OC(C)C(=O)N2CCOCC2)c1. The summed E-state index contributed by atoms with van der Waals surface area (Å²) in [5.74, 6) is -1.24. The number of hydrogen-bond donors (Lipinski definition) is 0. The Labute approximate surface area is 198 Å². The summed E-state index contributed by atoms with van der Waals surface area (Å²) in [5.41, 5.74) is 0.298. The van der Waals surface area contributed by atoms with Gasteiger partial charge in [0.2, 0.25) is 0 Å². The molecule has 1 fully saturated rings. The van der Waals surface area contributed by atoms with Crippen LogP contribution in [0, 0.1) is 0 Å². The molecule has 0 aromatic heterocycles. The molecule has 1 aliphatic heterocycles. The lowest BCUT2D eigenvalue weighted by atomic mass is 10.2. The van der Waals surface area contributed by atoms with Gasteiger partial charge in [-0.25, -0.2) is 13.2 Å². The second kappa shape index (κ2) is 10.8. The predicted octanol–water partition coefficient (Wildman–Crippen LogP) is 3.13. The van der Waals surface area contributed by atoms with Gasteiger partial charge >= 0.3 is 5.97 Å². The van der Waals surface area contributed by atoms with Gasteiger partial charge in [-0.05, 0) is 37.3 Å². The first-order valence-corrected chi connectivity index (χ1v) is 12.1. The number of nitrogens with zero attached hydrogens (tertiary/aromatic N) is 2. The van der Waals surface area contributed by atoms with Crippen molar-refractivity contribution in [1.82, 2.24) is 4.90 Å². The van der Waals surface area contributed by atoms with E-state index in [9.17, 15) is 18.0 Å². The van der Waals surface area contributed by atoms with Crippen LogP contribution in [-0.2, 0) is 24.3 Å². The predicted molar refractivity (Wildman–Crippen MR) is 125 cm³/mol. The van der Waals surface area contributed by atoms with E-state index in [4.69, 9.17) is 21.1 Å². The summed E-state index contributed by atoms with van der Waals surface area (Å²) in [7, 11) is -4.04. The van der Waals surface area contributed by atoms with Crippen LogP contribution in [0.1, 0.15) is 17.3 Å². The number of para-hydroxylation sites is 1. The lowest BCUT2D eigenvalue weighted by molar-refractivity contribution is -0.143. The van der Waals surface area contributed by atoms with E-state index < -0.39 is 22.1 Å². The van der Waals surface area contributed by atoms with E-state index in [1.807, 2.05) is 0 Å². The maximum atomic E-state index is 13.4. The van der Waals surface area contributed by atoms with Crippen LogP contribution in [0.5, 0.6) is 0 Å². The Morgan fingerprint density at radius 1 is 1.21 bits per heavy atom. The molecule has 3 rings (SSSR count). The lowest BCUT2D eigenvalue weighted by Crippen LogP contribution is -2.46. The number of anilines is 1. The van der Waals surface area contributed by atoms with Crippen molar-refractivity contribution in [1.29, 1.82) is 0 Å². The minimum absolute atomic E-state index is 0.0138. The van der Waals surface area contributed by atoms with Gasteiger partial charge in [-0.3, -0.25) is 9.10 Å². The van der Waals surface area contributed by atoms with Gasteiger partial charge in [0.15, 0.2) is 6.10 Å². The largest absolute Gasteiger partial charge is 0.449 e. The summed E-state index contributed by atoms with van der Waals surface area (Å²) in [5, 5.41) is 0.0138. The van der Waals surface area contributed by atoms with E-state index in [-0.39, 0.29) is 27.9 Å². The Hall–Kier alpha value is -2.88. The minimum atomic E-state index is -4.04. The Kier molecular flexibility index (Phi) is 8.12. The molecule has 1 aliphatic rings. The van der Waals surface area contributed by atoms with Gasteiger partial charge in [0.1, 0.15) is 0 Å². The quantitative estimate of drug-likeness (QED) is 0.415. The standard InChI is InChI=1S/C23H25ClN2O6S/c1-3-11-26(18-7-5-4-6-8-18)33(29,30)19-9-10-21(24)20(16-19)23(28)32-17(2)22(27)25-12-14-31-15-13-25/h3-10,16-17H,1,11-15H2,2H3. The number of amides is 1. The maximum absolute atomic E-state index is 13.4. The molecular formula is C23H25ClN2O6S. The first kappa shape index (κ1) is 24.8. The second-order valence-electron chi connectivity index (χ2n) is 7.29. The molecule has 2 aromatic rings. The van der Waals surface area contributed by atoms with Gasteiger partial charge < -0.3 is 14.4 Å². The van der Waals surface area contributed by atoms with Crippen molar-refractivity contribution in [3.05, 3.63) is 71.8 Å². The highest BCUT2D eigenvalue weighted by Crippen LogP contribution is 2.27. The Bertz CT molecular complexity index is 1120. The molecule has 1 amide bonds. The van der Waals surface area contributed by atoms with E-state index >= 15 is 0 Å². The average molecular weight is 493 g/mol. The topological polar surface area (TPSA) is 93.2 Å². The molecule has 0 aliphatic carbocycles. The normalized spacial score (nSPS) is 14.9. The molecule has 0 N–H and O–H groups in total. The van der Waals surface area contributed by atoms with Gasteiger partial charge in [0.05, 0.1) is 40.9 Å². The van der Waals surface area contributed by atoms with Gasteiger partial charge in [-0.15, -0.1) is 6.58 Å². The molecular weight excluding hydrogens is 468 g/mol. The Balaban J connectivity index is 1.85. The summed E-state index contributed by atoms with van der Waals surface area (Å²) < 4.78 is 38.4. The van der Waals surface area contributed by atoms with Crippen LogP contribution >= 0.6 is 11.6 Å². The molecule has 0 bridgehead atoms. The van der Waals surface area contributed by atoms with Crippen LogP contribution in [0.15, 0.2) is 66.1 Å². The fraction of sp³-hybridized carbons (Fsp3) is 0.304. The third-order valence-corrected chi connectivity index (χ3v) is 7.16. The number of halogens is 1. The summed E-state index contributed by atoms with van der Waals surface area (Å²) in [4.78, 5) is 26.7. The van der Waals surface area contributed by atoms with Crippen molar-refractivity contribution in [2.24, 2.45) is 0 Å². The summed E-state index contributed by atoms with van der Waals surface area (Å²) in [6.45, 7) is 6.78. The van der Waals surface area contributed by atoms with E-state index in [1.165, 1.54) is 29.4 Å². The molecule has 0 saturated carbocycles. The smallest absolute Gasteiger partial charge is 0.340 e. The van der Waals surface area contributed by atoms with Crippen LogP contribution in [0.25, 0.3) is 0 Å². The molecule has 10 heteroatoms. The first-order valence-electron chi connectivity index (χ1n) is 10.3. The number of carbonyl (C=O) groups is 2. The van der Waals surface area contributed by atoms with E-state index in [1.54, 1.807) is 35.2 Å². The number of sulfonamides is 1. The number of morpholine rings is 1. The highest BCUT2D eigenvalue weighted by Gasteiger charge is 2.29. The zero-order valence-corrected chi connectivity index (χ0v) is 19.7. The van der Waals surface area contributed by atoms with Gasteiger partial charge in [-0.1, -0.05) is 35.9 Å². The van der Waals surface area contributed by atoms with E-state index in [2.05, 4.69) is 6.58 Å². The van der Waals surface area contributed by atoms with Crippen molar-refractivity contribution in [3.8, 4) is 0 Å². The molecule has 0 spiro atoms. The molecule has 8 nitrogen and oxygen atoms in total. The van der Waals surface area contributed by atoms with Crippen molar-refractivity contribution in [2.45, 2.75) is 17.9 Å². The molecule has 1 unspecified atom stereocenters. The fourth-order valence-corrected chi connectivity index (χ4v) is 4.97. The Morgan fingerprint density at radius 3 is 2.52 bits per heavy atom. The van der Waals surface area contributed by atoms with Crippen molar-refractivity contribution >= 4 is 39.2 Å². The first-order chi connectivity index (χ1) is 15.8. The minimum Gasteiger partial charge on any atom is -0.449 e. The fourth-order valence-electron chi connectivity index (χ4n) is 3.32. The second-order valence-corrected chi connectivity index (χ2v) is 9.56. The van der Waals surface area contributed by atoms with Crippen LogP contribution in [0.2, 0.25) is 5.02 Å². The molecule has 1 saturated heterocycles. The number of rotatable bonds is 8.